The second-order valence-electron chi connectivity index (χ2n) is 2.33. The number of methoxy groups -OCH3 is 1. The van der Waals surface area contributed by atoms with Crippen molar-refractivity contribution in [1.82, 2.24) is 9.97 Å². The lowest BCUT2D eigenvalue weighted by atomic mass is 10.2. The predicted octanol–water partition coefficient (Wildman–Crippen LogP) is -0.306. The first-order valence-electron chi connectivity index (χ1n) is 3.50. The van der Waals surface area contributed by atoms with Gasteiger partial charge in [0.25, 0.3) is 0 Å². The molecule has 0 amide bonds. The van der Waals surface area contributed by atoms with Crippen molar-refractivity contribution in [3.8, 4) is 5.88 Å². The number of hydrogen-bond donors (Lipinski definition) is 2. The third-order valence-electron chi connectivity index (χ3n) is 1.38. The second kappa shape index (κ2) is 3.70. The van der Waals surface area contributed by atoms with Crippen molar-refractivity contribution in [2.24, 2.45) is 0 Å². The fourth-order valence-corrected chi connectivity index (χ4v) is 0.865. The van der Waals surface area contributed by atoms with Gasteiger partial charge in [0.2, 0.25) is 11.8 Å². The minimum atomic E-state index is -0.966. The Bertz CT molecular complexity index is 327. The molecule has 0 aliphatic rings. The van der Waals surface area contributed by atoms with Crippen LogP contribution in [-0.4, -0.2) is 28.2 Å². The van der Waals surface area contributed by atoms with Crippen LogP contribution in [0, 0.1) is 0 Å². The molecule has 1 rings (SSSR count). The topological polar surface area (TPSA) is 98.3 Å². The number of ether oxygens (including phenoxy) is 1. The predicted molar refractivity (Wildman–Crippen MR) is 44.3 cm³/mol. The Hall–Kier alpha value is -1.85. The van der Waals surface area contributed by atoms with Gasteiger partial charge < -0.3 is 15.6 Å². The normalized spacial score (nSPS) is 9.62. The second-order valence-corrected chi connectivity index (χ2v) is 2.33. The molecule has 13 heavy (non-hydrogen) atoms. The summed E-state index contributed by atoms with van der Waals surface area (Å²) in [5.41, 5.74) is 5.69. The largest absolute Gasteiger partial charge is 0.481 e. The first-order valence-corrected chi connectivity index (χ1v) is 3.50. The molecule has 0 bridgehead atoms. The van der Waals surface area contributed by atoms with E-state index in [0.29, 0.717) is 5.56 Å². The van der Waals surface area contributed by atoms with Crippen molar-refractivity contribution in [3.05, 3.63) is 11.8 Å². The molecule has 0 spiro atoms. The molecule has 0 aromatic carbocycles. The smallest absolute Gasteiger partial charge is 0.308 e. The number of anilines is 1. The van der Waals surface area contributed by atoms with E-state index in [1.807, 2.05) is 0 Å². The summed E-state index contributed by atoms with van der Waals surface area (Å²) in [5.74, 6) is -0.701. The van der Waals surface area contributed by atoms with Gasteiger partial charge in [0.05, 0.1) is 13.5 Å². The van der Waals surface area contributed by atoms with Gasteiger partial charge in [0.1, 0.15) is 0 Å². The average molecular weight is 183 g/mol. The summed E-state index contributed by atoms with van der Waals surface area (Å²) >= 11 is 0. The Morgan fingerprint density at radius 1 is 1.77 bits per heavy atom. The van der Waals surface area contributed by atoms with Crippen LogP contribution in [0.3, 0.4) is 0 Å². The van der Waals surface area contributed by atoms with Crippen LogP contribution in [0.25, 0.3) is 0 Å². The number of aromatic nitrogens is 2. The number of aliphatic carboxylic acids is 1. The van der Waals surface area contributed by atoms with Crippen LogP contribution in [-0.2, 0) is 11.2 Å². The molecule has 0 saturated carbocycles. The maximum atomic E-state index is 10.4. The summed E-state index contributed by atoms with van der Waals surface area (Å²) in [6.45, 7) is 0. The van der Waals surface area contributed by atoms with Crippen LogP contribution in [0.4, 0.5) is 5.95 Å². The van der Waals surface area contributed by atoms with Crippen molar-refractivity contribution in [2.45, 2.75) is 6.42 Å². The number of nitrogen functional groups attached to an aromatic ring is 1. The van der Waals surface area contributed by atoms with Gasteiger partial charge in [0, 0.05) is 11.8 Å². The number of hydrogen-bond acceptors (Lipinski definition) is 5. The van der Waals surface area contributed by atoms with Crippen LogP contribution >= 0.6 is 0 Å². The quantitative estimate of drug-likeness (QED) is 0.667. The molecule has 0 atom stereocenters. The highest BCUT2D eigenvalue weighted by atomic mass is 16.5. The van der Waals surface area contributed by atoms with E-state index in [-0.39, 0.29) is 18.2 Å². The lowest BCUT2D eigenvalue weighted by Gasteiger charge is -2.04. The van der Waals surface area contributed by atoms with Crippen LogP contribution in [0.5, 0.6) is 5.88 Å². The van der Waals surface area contributed by atoms with Gasteiger partial charge in [-0.25, -0.2) is 4.98 Å². The van der Waals surface area contributed by atoms with Gasteiger partial charge in [-0.3, -0.25) is 4.79 Å². The van der Waals surface area contributed by atoms with E-state index in [4.69, 9.17) is 15.6 Å². The van der Waals surface area contributed by atoms with Crippen LogP contribution < -0.4 is 10.5 Å². The van der Waals surface area contributed by atoms with E-state index in [9.17, 15) is 4.79 Å². The van der Waals surface area contributed by atoms with E-state index >= 15 is 0 Å². The monoisotopic (exact) mass is 183 g/mol. The third-order valence-corrected chi connectivity index (χ3v) is 1.38. The minimum absolute atomic E-state index is 0.0611. The number of rotatable bonds is 3. The van der Waals surface area contributed by atoms with Gasteiger partial charge in [-0.05, 0) is 0 Å². The SMILES string of the molecule is COc1nc(N)ncc1CC(=O)O. The van der Waals surface area contributed by atoms with Crippen LogP contribution in [0.15, 0.2) is 6.20 Å². The molecule has 0 aliphatic carbocycles. The van der Waals surface area contributed by atoms with Crippen LogP contribution in [0.2, 0.25) is 0 Å². The van der Waals surface area contributed by atoms with Crippen molar-refractivity contribution < 1.29 is 14.6 Å². The first kappa shape index (κ1) is 9.24. The lowest BCUT2D eigenvalue weighted by Crippen LogP contribution is -2.06. The molecule has 0 fully saturated rings. The van der Waals surface area contributed by atoms with Crippen molar-refractivity contribution in [1.29, 1.82) is 0 Å². The molecule has 0 aliphatic heterocycles. The van der Waals surface area contributed by atoms with Gasteiger partial charge >= 0.3 is 5.97 Å². The minimum Gasteiger partial charge on any atom is -0.481 e. The summed E-state index contributed by atoms with van der Waals surface area (Å²) in [7, 11) is 1.40. The van der Waals surface area contributed by atoms with Crippen LogP contribution in [0.1, 0.15) is 5.56 Å². The Kier molecular flexibility index (Phi) is 2.63. The highest BCUT2D eigenvalue weighted by molar-refractivity contribution is 5.70. The van der Waals surface area contributed by atoms with Gasteiger partial charge in [-0.15, -0.1) is 0 Å². The molecule has 0 unspecified atom stereocenters. The number of carboxylic acids is 1. The van der Waals surface area contributed by atoms with Crippen molar-refractivity contribution in [2.75, 3.05) is 12.8 Å². The molecule has 3 N–H and O–H groups in total. The molecular weight excluding hydrogens is 174 g/mol. The number of nitrogens with two attached hydrogens (primary N) is 1. The van der Waals surface area contributed by atoms with Gasteiger partial charge in [-0.2, -0.15) is 4.98 Å². The summed E-state index contributed by atoms with van der Waals surface area (Å²) in [6.07, 6.45) is 1.17. The Morgan fingerprint density at radius 2 is 2.46 bits per heavy atom. The van der Waals surface area contributed by atoms with Crippen molar-refractivity contribution in [3.63, 3.8) is 0 Å². The molecule has 0 saturated heterocycles. The van der Waals surface area contributed by atoms with E-state index in [1.54, 1.807) is 0 Å². The summed E-state index contributed by atoms with van der Waals surface area (Å²) in [4.78, 5) is 17.8. The number of carboxylic acid groups (broad SMARTS) is 1. The molecule has 6 heteroatoms. The first-order chi connectivity index (χ1) is 6.13. The van der Waals surface area contributed by atoms with Gasteiger partial charge in [0.15, 0.2) is 0 Å². The number of carbonyl (C=O) groups is 1. The van der Waals surface area contributed by atoms with E-state index in [0.717, 1.165) is 0 Å². The molecule has 1 aromatic rings. The van der Waals surface area contributed by atoms with E-state index in [1.165, 1.54) is 13.3 Å². The maximum absolute atomic E-state index is 10.4. The number of nitrogens with zero attached hydrogens (tertiary/aromatic N) is 2. The average Bonchev–Trinajstić information content (AvgIpc) is 2.07. The Morgan fingerprint density at radius 3 is 3.00 bits per heavy atom. The zero-order chi connectivity index (χ0) is 9.84. The third kappa shape index (κ3) is 2.29. The molecular formula is C7H9N3O3. The zero-order valence-electron chi connectivity index (χ0n) is 7.02. The molecule has 0 radical (unpaired) electrons. The van der Waals surface area contributed by atoms with E-state index < -0.39 is 5.97 Å². The van der Waals surface area contributed by atoms with Gasteiger partial charge in [-0.1, -0.05) is 0 Å². The zero-order valence-corrected chi connectivity index (χ0v) is 7.02. The summed E-state index contributed by atoms with van der Waals surface area (Å²) in [5, 5.41) is 8.51. The lowest BCUT2D eigenvalue weighted by molar-refractivity contribution is -0.136. The molecule has 6 nitrogen and oxygen atoms in total. The Balaban J connectivity index is 2.99. The summed E-state index contributed by atoms with van der Waals surface area (Å²) < 4.78 is 4.83. The molecule has 70 valence electrons. The highest BCUT2D eigenvalue weighted by Crippen LogP contribution is 2.14. The summed E-state index contributed by atoms with van der Waals surface area (Å²) in [6, 6.07) is 0. The Labute approximate surface area is 74.4 Å². The molecule has 1 heterocycles. The fraction of sp³-hybridized carbons (Fsp3) is 0.286. The van der Waals surface area contributed by atoms with Crippen molar-refractivity contribution >= 4 is 11.9 Å². The van der Waals surface area contributed by atoms with E-state index in [2.05, 4.69) is 9.97 Å². The highest BCUT2D eigenvalue weighted by Gasteiger charge is 2.09. The maximum Gasteiger partial charge on any atom is 0.308 e. The molecule has 1 aromatic heterocycles. The fourth-order valence-electron chi connectivity index (χ4n) is 0.865. The standard InChI is InChI=1S/C7H9N3O3/c1-13-6-4(2-5(11)12)3-9-7(8)10-6/h3H,2H2,1H3,(H,11,12)(H2,8,9,10).